The van der Waals surface area contributed by atoms with Gasteiger partial charge < -0.3 is 20.3 Å². The van der Waals surface area contributed by atoms with Gasteiger partial charge in [0, 0.05) is 46.4 Å². The van der Waals surface area contributed by atoms with Crippen LogP contribution in [0.5, 0.6) is 0 Å². The maximum absolute atomic E-state index is 5.22. The SMILES string of the molecule is CN=C(NCCCN1CCC(C)CC1)NCCN(CCOC)C1CC1.I. The fourth-order valence-corrected chi connectivity index (χ4v) is 3.46. The van der Waals surface area contributed by atoms with Crippen LogP contribution in [0.25, 0.3) is 0 Å². The summed E-state index contributed by atoms with van der Waals surface area (Å²) < 4.78 is 5.22. The number of nitrogens with zero attached hydrogens (tertiary/aromatic N) is 3. The summed E-state index contributed by atoms with van der Waals surface area (Å²) in [4.78, 5) is 9.47. The van der Waals surface area contributed by atoms with Gasteiger partial charge in [-0.3, -0.25) is 9.89 Å². The Morgan fingerprint density at radius 2 is 1.81 bits per heavy atom. The lowest BCUT2D eigenvalue weighted by Crippen LogP contribution is -2.43. The molecule has 0 radical (unpaired) electrons. The van der Waals surface area contributed by atoms with Crippen LogP contribution in [0.2, 0.25) is 0 Å². The van der Waals surface area contributed by atoms with Crippen molar-refractivity contribution in [1.82, 2.24) is 20.4 Å². The first-order chi connectivity index (χ1) is 12.2. The normalized spacial score (nSPS) is 19.5. The summed E-state index contributed by atoms with van der Waals surface area (Å²) >= 11 is 0. The number of rotatable bonds is 11. The molecule has 1 saturated carbocycles. The number of nitrogens with one attached hydrogen (secondary N) is 2. The highest BCUT2D eigenvalue weighted by atomic mass is 127. The number of halogens is 1. The lowest BCUT2D eigenvalue weighted by Gasteiger charge is -2.30. The zero-order chi connectivity index (χ0) is 17.9. The van der Waals surface area contributed by atoms with Crippen LogP contribution in [0.3, 0.4) is 0 Å². The Morgan fingerprint density at radius 3 is 2.42 bits per heavy atom. The van der Waals surface area contributed by atoms with Crippen LogP contribution in [0.1, 0.15) is 39.0 Å². The Bertz CT molecular complexity index is 384. The van der Waals surface area contributed by atoms with Crippen LogP contribution in [-0.2, 0) is 4.74 Å². The molecule has 26 heavy (non-hydrogen) atoms. The number of methoxy groups -OCH3 is 1. The molecule has 2 aliphatic rings. The van der Waals surface area contributed by atoms with Gasteiger partial charge in [0.2, 0.25) is 0 Å². The fraction of sp³-hybridized carbons (Fsp3) is 0.947. The quantitative estimate of drug-likeness (QED) is 0.205. The van der Waals surface area contributed by atoms with Gasteiger partial charge in [-0.05, 0) is 57.7 Å². The van der Waals surface area contributed by atoms with Crippen molar-refractivity contribution in [3.05, 3.63) is 0 Å². The molecule has 0 amide bonds. The Labute approximate surface area is 177 Å². The van der Waals surface area contributed by atoms with Gasteiger partial charge in [0.25, 0.3) is 0 Å². The smallest absolute Gasteiger partial charge is 0.191 e. The molecule has 0 aromatic rings. The van der Waals surface area contributed by atoms with Gasteiger partial charge in [0.15, 0.2) is 5.96 Å². The van der Waals surface area contributed by atoms with E-state index in [1.54, 1.807) is 7.11 Å². The largest absolute Gasteiger partial charge is 0.383 e. The average Bonchev–Trinajstić information content (AvgIpc) is 3.46. The van der Waals surface area contributed by atoms with E-state index >= 15 is 0 Å². The molecule has 2 rings (SSSR count). The molecule has 0 unspecified atom stereocenters. The molecule has 0 aromatic carbocycles. The summed E-state index contributed by atoms with van der Waals surface area (Å²) in [5.74, 6) is 1.84. The average molecular weight is 481 g/mol. The van der Waals surface area contributed by atoms with Gasteiger partial charge in [0.05, 0.1) is 6.61 Å². The lowest BCUT2D eigenvalue weighted by atomic mass is 9.99. The molecule has 2 N–H and O–H groups in total. The Hall–Kier alpha value is -0.120. The van der Waals surface area contributed by atoms with E-state index in [1.165, 1.54) is 51.7 Å². The molecule has 1 heterocycles. The van der Waals surface area contributed by atoms with E-state index in [2.05, 4.69) is 32.3 Å². The molecule has 1 aliphatic carbocycles. The van der Waals surface area contributed by atoms with E-state index in [-0.39, 0.29) is 24.0 Å². The van der Waals surface area contributed by atoms with Crippen molar-refractivity contribution in [1.29, 1.82) is 0 Å². The number of likely N-dealkylation sites (tertiary alicyclic amines) is 1. The summed E-state index contributed by atoms with van der Waals surface area (Å²) in [6.07, 6.45) is 6.57. The Balaban J connectivity index is 0.00000338. The van der Waals surface area contributed by atoms with Gasteiger partial charge >= 0.3 is 0 Å². The fourth-order valence-electron chi connectivity index (χ4n) is 3.46. The first-order valence-corrected chi connectivity index (χ1v) is 10.1. The minimum Gasteiger partial charge on any atom is -0.383 e. The summed E-state index contributed by atoms with van der Waals surface area (Å²) in [5, 5.41) is 6.89. The summed E-state index contributed by atoms with van der Waals surface area (Å²) in [5.41, 5.74) is 0. The molecule has 1 saturated heterocycles. The van der Waals surface area contributed by atoms with Crippen molar-refractivity contribution in [2.75, 3.05) is 66.6 Å². The van der Waals surface area contributed by atoms with Crippen molar-refractivity contribution in [3.8, 4) is 0 Å². The number of ether oxygens (including phenoxy) is 1. The Kier molecular flexibility index (Phi) is 12.8. The summed E-state index contributed by atoms with van der Waals surface area (Å²) in [7, 11) is 3.63. The predicted molar refractivity (Wildman–Crippen MR) is 121 cm³/mol. The van der Waals surface area contributed by atoms with E-state index in [1.807, 2.05) is 7.05 Å². The zero-order valence-corrected chi connectivity index (χ0v) is 19.3. The second kappa shape index (κ2) is 14.0. The second-order valence-electron chi connectivity index (χ2n) is 7.56. The molecule has 1 aliphatic heterocycles. The highest BCUT2D eigenvalue weighted by Crippen LogP contribution is 2.25. The summed E-state index contributed by atoms with van der Waals surface area (Å²) in [6, 6.07) is 0.777. The second-order valence-corrected chi connectivity index (χ2v) is 7.56. The highest BCUT2D eigenvalue weighted by molar-refractivity contribution is 14.0. The zero-order valence-electron chi connectivity index (χ0n) is 17.0. The molecule has 0 aromatic heterocycles. The molecular formula is C19H40IN5O. The van der Waals surface area contributed by atoms with E-state index in [0.717, 1.165) is 50.7 Å². The van der Waals surface area contributed by atoms with E-state index in [9.17, 15) is 0 Å². The third-order valence-corrected chi connectivity index (χ3v) is 5.38. The lowest BCUT2D eigenvalue weighted by molar-refractivity contribution is 0.144. The molecule has 6 nitrogen and oxygen atoms in total. The van der Waals surface area contributed by atoms with Crippen LogP contribution >= 0.6 is 24.0 Å². The van der Waals surface area contributed by atoms with E-state index in [0.29, 0.717) is 0 Å². The van der Waals surface area contributed by atoms with Crippen LogP contribution in [0, 0.1) is 5.92 Å². The van der Waals surface area contributed by atoms with Crippen molar-refractivity contribution < 1.29 is 4.74 Å². The molecule has 154 valence electrons. The van der Waals surface area contributed by atoms with Crippen molar-refractivity contribution in [2.45, 2.75) is 45.1 Å². The molecular weight excluding hydrogens is 441 g/mol. The minimum absolute atomic E-state index is 0. The van der Waals surface area contributed by atoms with Crippen molar-refractivity contribution >= 4 is 29.9 Å². The maximum atomic E-state index is 5.22. The van der Waals surface area contributed by atoms with Crippen LogP contribution in [-0.4, -0.2) is 88.4 Å². The standard InChI is InChI=1S/C19H39N5O.HI/c1-17-7-12-23(13-8-17)11-4-9-21-19(20-2)22-10-14-24(15-16-25-3)18-5-6-18;/h17-18H,4-16H2,1-3H3,(H2,20,21,22);1H. The highest BCUT2D eigenvalue weighted by Gasteiger charge is 2.28. The van der Waals surface area contributed by atoms with Crippen molar-refractivity contribution in [3.63, 3.8) is 0 Å². The van der Waals surface area contributed by atoms with Gasteiger partial charge in [0.1, 0.15) is 0 Å². The molecule has 0 bridgehead atoms. The number of aliphatic imine (C=N–C) groups is 1. The van der Waals surface area contributed by atoms with Crippen LogP contribution in [0.15, 0.2) is 4.99 Å². The number of hydrogen-bond donors (Lipinski definition) is 2. The van der Waals surface area contributed by atoms with Crippen LogP contribution < -0.4 is 10.6 Å². The van der Waals surface area contributed by atoms with Gasteiger partial charge in [-0.2, -0.15) is 0 Å². The van der Waals surface area contributed by atoms with Gasteiger partial charge in [-0.25, -0.2) is 0 Å². The van der Waals surface area contributed by atoms with E-state index < -0.39 is 0 Å². The third kappa shape index (κ3) is 9.71. The number of guanidine groups is 1. The first-order valence-electron chi connectivity index (χ1n) is 10.1. The molecule has 2 fully saturated rings. The van der Waals surface area contributed by atoms with Crippen LogP contribution in [0.4, 0.5) is 0 Å². The van der Waals surface area contributed by atoms with Gasteiger partial charge in [-0.15, -0.1) is 24.0 Å². The minimum atomic E-state index is 0. The number of hydrogen-bond acceptors (Lipinski definition) is 4. The van der Waals surface area contributed by atoms with Gasteiger partial charge in [-0.1, -0.05) is 6.92 Å². The van der Waals surface area contributed by atoms with Crippen molar-refractivity contribution in [2.24, 2.45) is 10.9 Å². The molecule has 0 spiro atoms. The predicted octanol–water partition coefficient (Wildman–Crippen LogP) is 2.00. The molecule has 7 heteroatoms. The maximum Gasteiger partial charge on any atom is 0.191 e. The topological polar surface area (TPSA) is 52.1 Å². The number of piperidine rings is 1. The van der Waals surface area contributed by atoms with E-state index in [4.69, 9.17) is 4.74 Å². The molecule has 0 atom stereocenters. The Morgan fingerprint density at radius 1 is 1.12 bits per heavy atom. The summed E-state index contributed by atoms with van der Waals surface area (Å²) in [6.45, 7) is 10.9. The third-order valence-electron chi connectivity index (χ3n) is 5.38. The first kappa shape index (κ1) is 23.9. The monoisotopic (exact) mass is 481 g/mol.